The summed E-state index contributed by atoms with van der Waals surface area (Å²) >= 11 is 0. The van der Waals surface area contributed by atoms with Crippen molar-refractivity contribution in [2.45, 2.75) is 105 Å². The Labute approximate surface area is 201 Å². The minimum absolute atomic E-state index is 0.253. The number of hydrogen-bond donors (Lipinski definition) is 3. The average Bonchev–Trinajstić information content (AvgIpc) is 2.55. The molecule has 3 N–H and O–H groups in total. The van der Waals surface area contributed by atoms with Gasteiger partial charge in [-0.15, -0.1) is 0 Å². The zero-order valence-electron chi connectivity index (χ0n) is 22.1. The second kappa shape index (κ2) is 10.3. The van der Waals surface area contributed by atoms with Gasteiger partial charge in [0.15, 0.2) is 0 Å². The molecule has 10 nitrogen and oxygen atoms in total. The highest BCUT2D eigenvalue weighted by Gasteiger charge is 2.50. The summed E-state index contributed by atoms with van der Waals surface area (Å²) in [5, 5.41) is 16.2. The summed E-state index contributed by atoms with van der Waals surface area (Å²) in [6.07, 6.45) is -2.48. The largest absolute Gasteiger partial charge is 0.459 e. The molecule has 0 saturated heterocycles. The minimum atomic E-state index is -1.53. The summed E-state index contributed by atoms with van der Waals surface area (Å²) in [7, 11) is 0. The van der Waals surface area contributed by atoms with E-state index in [1.165, 1.54) is 6.92 Å². The topological polar surface area (TPSA) is 140 Å². The van der Waals surface area contributed by atoms with Crippen LogP contribution in [0.15, 0.2) is 11.3 Å². The molecule has 1 rings (SSSR count). The lowest BCUT2D eigenvalue weighted by molar-refractivity contribution is -0.166. The summed E-state index contributed by atoms with van der Waals surface area (Å²) < 4.78 is 16.4. The standard InChI is InChI=1S/C24H40N2O8/c1-12-14(19(29)32-22(3,4)5)15(20(30)33-23(6,7)8)17(18(28)16(12)25-13(2)27)26-21(31)34-24(9,10)11/h12,14,16,18,28H,1-11H3,(H,25,27)(H,26,31)/t12-,14-,16+,18+/m0/s1. The lowest BCUT2D eigenvalue weighted by Gasteiger charge is -2.41. The minimum Gasteiger partial charge on any atom is -0.459 e. The molecule has 0 fully saturated rings. The maximum Gasteiger partial charge on any atom is 0.411 e. The first-order valence-electron chi connectivity index (χ1n) is 11.3. The van der Waals surface area contributed by atoms with E-state index in [1.54, 1.807) is 69.2 Å². The molecule has 2 amide bonds. The van der Waals surface area contributed by atoms with Crippen LogP contribution in [0.25, 0.3) is 0 Å². The SMILES string of the molecule is CC(=O)N[C@@H]1[C@@H](C)[C@H](C(=O)OC(C)(C)C)C(C(=O)OC(C)(C)C)=C(NC(=O)OC(C)(C)C)[C@@H]1O. The molecule has 0 spiro atoms. The number of amides is 2. The van der Waals surface area contributed by atoms with E-state index in [1.807, 2.05) is 0 Å². The third-order valence-electron chi connectivity index (χ3n) is 4.61. The highest BCUT2D eigenvalue weighted by Crippen LogP contribution is 2.38. The van der Waals surface area contributed by atoms with E-state index in [-0.39, 0.29) is 11.3 Å². The van der Waals surface area contributed by atoms with Gasteiger partial charge in [0, 0.05) is 6.92 Å². The van der Waals surface area contributed by atoms with Crippen molar-refractivity contribution < 1.29 is 38.5 Å². The smallest absolute Gasteiger partial charge is 0.411 e. The van der Waals surface area contributed by atoms with Gasteiger partial charge in [-0.3, -0.25) is 14.9 Å². The van der Waals surface area contributed by atoms with Crippen LogP contribution in [0, 0.1) is 11.8 Å². The fraction of sp³-hybridized carbons (Fsp3) is 0.750. The van der Waals surface area contributed by atoms with Crippen molar-refractivity contribution in [3.63, 3.8) is 0 Å². The number of hydrogen-bond acceptors (Lipinski definition) is 8. The number of aliphatic hydroxyl groups excluding tert-OH is 1. The summed E-state index contributed by atoms with van der Waals surface area (Å²) in [6, 6.07) is -1.01. The van der Waals surface area contributed by atoms with Gasteiger partial charge in [-0.05, 0) is 68.2 Å². The number of carbonyl (C=O) groups excluding carboxylic acids is 4. The third kappa shape index (κ3) is 8.62. The predicted molar refractivity (Wildman–Crippen MR) is 124 cm³/mol. The van der Waals surface area contributed by atoms with Crippen molar-refractivity contribution in [3.8, 4) is 0 Å². The van der Waals surface area contributed by atoms with E-state index < -0.39 is 64.7 Å². The number of carbonyl (C=O) groups is 4. The van der Waals surface area contributed by atoms with E-state index in [0.29, 0.717) is 0 Å². The molecule has 0 aromatic carbocycles. The average molecular weight is 485 g/mol. The van der Waals surface area contributed by atoms with Crippen LogP contribution in [0.2, 0.25) is 0 Å². The first kappa shape index (κ1) is 29.4. The van der Waals surface area contributed by atoms with Crippen molar-refractivity contribution in [1.82, 2.24) is 10.6 Å². The molecule has 0 aromatic rings. The molecule has 194 valence electrons. The molecule has 34 heavy (non-hydrogen) atoms. The zero-order valence-corrected chi connectivity index (χ0v) is 22.1. The van der Waals surface area contributed by atoms with Gasteiger partial charge in [0.2, 0.25) is 5.91 Å². The summed E-state index contributed by atoms with van der Waals surface area (Å²) in [4.78, 5) is 51.1. The van der Waals surface area contributed by atoms with E-state index >= 15 is 0 Å². The Kier molecular flexibility index (Phi) is 8.94. The number of aliphatic hydroxyl groups is 1. The van der Waals surface area contributed by atoms with Crippen LogP contribution in [-0.2, 0) is 28.6 Å². The van der Waals surface area contributed by atoms with Crippen molar-refractivity contribution in [3.05, 3.63) is 11.3 Å². The highest BCUT2D eigenvalue weighted by atomic mass is 16.6. The molecule has 0 radical (unpaired) electrons. The molecule has 1 aliphatic rings. The lowest BCUT2D eigenvalue weighted by Crippen LogP contribution is -2.58. The van der Waals surface area contributed by atoms with Crippen molar-refractivity contribution >= 4 is 23.9 Å². The zero-order chi connectivity index (χ0) is 26.8. The molecule has 0 unspecified atom stereocenters. The molecule has 0 bridgehead atoms. The van der Waals surface area contributed by atoms with Gasteiger partial charge in [0.1, 0.15) is 22.9 Å². The van der Waals surface area contributed by atoms with E-state index in [9.17, 15) is 24.3 Å². The number of ether oxygens (including phenoxy) is 3. The number of nitrogens with one attached hydrogen (secondary N) is 2. The van der Waals surface area contributed by atoms with Crippen LogP contribution in [0.3, 0.4) is 0 Å². The normalized spacial score (nSPS) is 23.6. The second-order valence-electron chi connectivity index (χ2n) is 11.5. The quantitative estimate of drug-likeness (QED) is 0.409. The summed E-state index contributed by atoms with van der Waals surface area (Å²) in [6.45, 7) is 17.8. The van der Waals surface area contributed by atoms with E-state index in [0.717, 1.165) is 0 Å². The number of rotatable bonds is 4. The summed E-state index contributed by atoms with van der Waals surface area (Å²) in [5.41, 5.74) is -3.21. The summed E-state index contributed by atoms with van der Waals surface area (Å²) in [5.74, 6) is -4.15. The Bertz CT molecular complexity index is 843. The van der Waals surface area contributed by atoms with Crippen LogP contribution >= 0.6 is 0 Å². The molecule has 0 saturated carbocycles. The predicted octanol–water partition coefficient (Wildman–Crippen LogP) is 2.58. The fourth-order valence-corrected chi connectivity index (χ4v) is 3.53. The van der Waals surface area contributed by atoms with Crippen molar-refractivity contribution in [2.24, 2.45) is 11.8 Å². The molecule has 10 heteroatoms. The molecular formula is C24H40N2O8. The fourth-order valence-electron chi connectivity index (χ4n) is 3.53. The van der Waals surface area contributed by atoms with Crippen LogP contribution in [0.4, 0.5) is 4.79 Å². The van der Waals surface area contributed by atoms with Gasteiger partial charge < -0.3 is 24.6 Å². The van der Waals surface area contributed by atoms with Gasteiger partial charge in [0.05, 0.1) is 23.2 Å². The number of esters is 2. The maximum absolute atomic E-state index is 13.3. The molecular weight excluding hydrogens is 444 g/mol. The Balaban J connectivity index is 3.75. The molecule has 0 heterocycles. The van der Waals surface area contributed by atoms with Crippen LogP contribution in [0.1, 0.15) is 76.2 Å². The Morgan fingerprint density at radius 3 is 1.71 bits per heavy atom. The van der Waals surface area contributed by atoms with Crippen molar-refractivity contribution in [1.29, 1.82) is 0 Å². The van der Waals surface area contributed by atoms with Gasteiger partial charge in [-0.1, -0.05) is 6.92 Å². The Hall–Kier alpha value is -2.62. The second-order valence-corrected chi connectivity index (χ2v) is 11.5. The van der Waals surface area contributed by atoms with Crippen LogP contribution < -0.4 is 10.6 Å². The molecule has 4 atom stereocenters. The lowest BCUT2D eigenvalue weighted by atomic mass is 9.73. The van der Waals surface area contributed by atoms with Gasteiger partial charge in [-0.25, -0.2) is 9.59 Å². The first-order valence-corrected chi connectivity index (χ1v) is 11.3. The highest BCUT2D eigenvalue weighted by molar-refractivity contribution is 5.98. The molecule has 0 aliphatic heterocycles. The monoisotopic (exact) mass is 484 g/mol. The van der Waals surface area contributed by atoms with Crippen LogP contribution in [-0.4, -0.2) is 58.0 Å². The Morgan fingerprint density at radius 2 is 1.29 bits per heavy atom. The maximum atomic E-state index is 13.3. The van der Waals surface area contributed by atoms with Crippen molar-refractivity contribution in [2.75, 3.05) is 0 Å². The first-order chi connectivity index (χ1) is 15.1. The van der Waals surface area contributed by atoms with Gasteiger partial charge in [0.25, 0.3) is 0 Å². The number of alkyl carbamates (subject to hydrolysis) is 1. The van der Waals surface area contributed by atoms with Gasteiger partial charge in [-0.2, -0.15) is 0 Å². The molecule has 1 aliphatic carbocycles. The van der Waals surface area contributed by atoms with Gasteiger partial charge >= 0.3 is 18.0 Å². The Morgan fingerprint density at radius 1 is 0.824 bits per heavy atom. The van der Waals surface area contributed by atoms with E-state index in [2.05, 4.69) is 10.6 Å². The van der Waals surface area contributed by atoms with Crippen LogP contribution in [0.5, 0.6) is 0 Å². The van der Waals surface area contributed by atoms with E-state index in [4.69, 9.17) is 14.2 Å². The third-order valence-corrected chi connectivity index (χ3v) is 4.61. The molecule has 0 aromatic heterocycles.